The van der Waals surface area contributed by atoms with E-state index >= 15 is 0 Å². The summed E-state index contributed by atoms with van der Waals surface area (Å²) in [7, 11) is 0. The van der Waals surface area contributed by atoms with Gasteiger partial charge in [0.05, 0.1) is 33.3 Å². The van der Waals surface area contributed by atoms with Crippen molar-refractivity contribution in [1.29, 1.82) is 0 Å². The van der Waals surface area contributed by atoms with Gasteiger partial charge in [0.25, 0.3) is 11.8 Å². The fourth-order valence-electron chi connectivity index (χ4n) is 3.02. The van der Waals surface area contributed by atoms with E-state index in [9.17, 15) is 14.4 Å². The van der Waals surface area contributed by atoms with Gasteiger partial charge in [0.1, 0.15) is 0 Å². The summed E-state index contributed by atoms with van der Waals surface area (Å²) < 4.78 is 0. The van der Waals surface area contributed by atoms with Crippen molar-refractivity contribution in [2.75, 3.05) is 6.54 Å². The van der Waals surface area contributed by atoms with Crippen molar-refractivity contribution in [1.82, 2.24) is 15.2 Å². The summed E-state index contributed by atoms with van der Waals surface area (Å²) in [6.07, 6.45) is 0.0784. The number of rotatable bonds is 6. The van der Waals surface area contributed by atoms with E-state index in [1.54, 1.807) is 46.9 Å². The number of imide groups is 1. The maximum atomic E-state index is 12.3. The minimum atomic E-state index is -0.338. The molecule has 6 nitrogen and oxygen atoms in total. The quantitative estimate of drug-likeness (QED) is 0.630. The second-order valence-corrected chi connectivity index (χ2v) is 8.58. The lowest BCUT2D eigenvalue weighted by Crippen LogP contribution is -2.34. The van der Waals surface area contributed by atoms with Crippen molar-refractivity contribution >= 4 is 40.4 Å². The van der Waals surface area contributed by atoms with Crippen molar-refractivity contribution in [3.8, 4) is 10.6 Å². The third-order valence-electron chi connectivity index (χ3n) is 4.43. The predicted octanol–water partition coefficient (Wildman–Crippen LogP) is 3.48. The zero-order valence-corrected chi connectivity index (χ0v) is 16.7. The molecule has 0 aliphatic carbocycles. The first-order valence-electron chi connectivity index (χ1n) is 8.76. The van der Waals surface area contributed by atoms with Gasteiger partial charge in [-0.3, -0.25) is 19.3 Å². The van der Waals surface area contributed by atoms with Gasteiger partial charge in [-0.05, 0) is 31.2 Å². The molecule has 2 aromatic heterocycles. The third-order valence-corrected chi connectivity index (χ3v) is 6.31. The number of amides is 3. The highest BCUT2D eigenvalue weighted by atomic mass is 32.1. The number of nitrogens with zero attached hydrogens (tertiary/aromatic N) is 2. The molecule has 0 saturated heterocycles. The summed E-state index contributed by atoms with van der Waals surface area (Å²) >= 11 is 3.20. The molecule has 1 aliphatic rings. The topological polar surface area (TPSA) is 79.4 Å². The second kappa shape index (κ2) is 7.65. The Kier molecular flexibility index (Phi) is 5.06. The van der Waals surface area contributed by atoms with Gasteiger partial charge in [0.15, 0.2) is 0 Å². The van der Waals surface area contributed by atoms with Crippen LogP contribution in [0.5, 0.6) is 0 Å². The van der Waals surface area contributed by atoms with Crippen LogP contribution in [-0.2, 0) is 11.3 Å². The van der Waals surface area contributed by atoms with E-state index in [0.29, 0.717) is 17.7 Å². The first kappa shape index (κ1) is 18.5. The third kappa shape index (κ3) is 3.61. The first-order chi connectivity index (χ1) is 13.5. The summed E-state index contributed by atoms with van der Waals surface area (Å²) in [5.41, 5.74) is 1.75. The predicted molar refractivity (Wildman–Crippen MR) is 108 cm³/mol. The maximum absolute atomic E-state index is 12.3. The zero-order valence-electron chi connectivity index (χ0n) is 15.1. The van der Waals surface area contributed by atoms with Crippen LogP contribution in [0.15, 0.2) is 41.8 Å². The Morgan fingerprint density at radius 3 is 2.46 bits per heavy atom. The van der Waals surface area contributed by atoms with Crippen LogP contribution in [0.25, 0.3) is 10.6 Å². The largest absolute Gasteiger partial charge is 0.351 e. The summed E-state index contributed by atoms with van der Waals surface area (Å²) in [5, 5.41) is 5.89. The highest BCUT2D eigenvalue weighted by Crippen LogP contribution is 2.29. The highest BCUT2D eigenvalue weighted by Gasteiger charge is 2.34. The van der Waals surface area contributed by atoms with Gasteiger partial charge in [-0.25, -0.2) is 4.98 Å². The van der Waals surface area contributed by atoms with E-state index < -0.39 is 0 Å². The molecular formula is C20H17N3O3S2. The maximum Gasteiger partial charge on any atom is 0.261 e. The van der Waals surface area contributed by atoms with Crippen LogP contribution in [0.1, 0.15) is 37.0 Å². The van der Waals surface area contributed by atoms with E-state index in [0.717, 1.165) is 25.4 Å². The molecule has 0 spiro atoms. The Hall–Kier alpha value is -2.84. The number of aryl methyl sites for hydroxylation is 1. The molecule has 4 rings (SSSR count). The lowest BCUT2D eigenvalue weighted by Gasteiger charge is -2.13. The average molecular weight is 412 g/mol. The van der Waals surface area contributed by atoms with Gasteiger partial charge >= 0.3 is 0 Å². The normalized spacial score (nSPS) is 13.1. The number of hydrogen-bond acceptors (Lipinski definition) is 6. The number of carbonyl (C=O) groups is 3. The smallest absolute Gasteiger partial charge is 0.261 e. The fraction of sp³-hybridized carbons (Fsp3) is 0.200. The Morgan fingerprint density at radius 2 is 1.82 bits per heavy atom. The van der Waals surface area contributed by atoms with Crippen LogP contribution in [-0.4, -0.2) is 34.2 Å². The molecule has 28 heavy (non-hydrogen) atoms. The molecule has 0 radical (unpaired) electrons. The number of benzene rings is 1. The summed E-state index contributed by atoms with van der Waals surface area (Å²) in [4.78, 5) is 44.5. The summed E-state index contributed by atoms with van der Waals surface area (Å²) in [6.45, 7) is 2.46. The molecule has 0 unspecified atom stereocenters. The average Bonchev–Trinajstić information content (AvgIpc) is 3.39. The second-order valence-electron chi connectivity index (χ2n) is 6.35. The lowest BCUT2D eigenvalue weighted by atomic mass is 10.1. The van der Waals surface area contributed by atoms with Crippen LogP contribution in [0.3, 0.4) is 0 Å². The number of aromatic nitrogens is 1. The number of carbonyl (C=O) groups excluding carboxylic acids is 3. The lowest BCUT2D eigenvalue weighted by molar-refractivity contribution is -0.121. The first-order valence-corrected chi connectivity index (χ1v) is 10.5. The summed E-state index contributed by atoms with van der Waals surface area (Å²) in [5.74, 6) is -0.874. The molecule has 0 atom stereocenters. The van der Waals surface area contributed by atoms with Gasteiger partial charge in [0.2, 0.25) is 5.91 Å². The van der Waals surface area contributed by atoms with Crippen LogP contribution in [0, 0.1) is 6.92 Å². The van der Waals surface area contributed by atoms with Crippen LogP contribution in [0.2, 0.25) is 0 Å². The number of nitrogens with one attached hydrogen (secondary N) is 1. The molecule has 0 fully saturated rings. The van der Waals surface area contributed by atoms with Crippen LogP contribution in [0.4, 0.5) is 0 Å². The Labute approximate surface area is 169 Å². The molecule has 3 heterocycles. The molecule has 8 heteroatoms. The minimum Gasteiger partial charge on any atom is -0.351 e. The van der Waals surface area contributed by atoms with Crippen molar-refractivity contribution < 1.29 is 14.4 Å². The van der Waals surface area contributed by atoms with Gasteiger partial charge in [-0.1, -0.05) is 12.1 Å². The number of hydrogen-bond donors (Lipinski definition) is 1. The molecule has 0 saturated carbocycles. The van der Waals surface area contributed by atoms with E-state index in [1.807, 2.05) is 24.4 Å². The number of thiazole rings is 1. The van der Waals surface area contributed by atoms with Crippen molar-refractivity contribution in [2.45, 2.75) is 19.9 Å². The highest BCUT2D eigenvalue weighted by molar-refractivity contribution is 7.16. The summed E-state index contributed by atoms with van der Waals surface area (Å²) in [6, 6.07) is 10.7. The standard InChI is InChI=1S/C20H17N3O3S2/c1-12-22-16(11-27-12)17-7-6-13(28-17)10-21-18(24)8-9-23-19(25)14-4-2-3-5-15(14)20(23)26/h2-7,11H,8-10H2,1H3,(H,21,24). The molecule has 0 bridgehead atoms. The Bertz CT molecular complexity index is 1040. The minimum absolute atomic E-state index is 0.0754. The molecule has 1 N–H and O–H groups in total. The molecule has 1 aromatic carbocycles. The number of fused-ring (bicyclic) bond motifs is 1. The monoisotopic (exact) mass is 411 g/mol. The van der Waals surface area contributed by atoms with E-state index in [1.165, 1.54) is 0 Å². The van der Waals surface area contributed by atoms with Crippen molar-refractivity contribution in [3.05, 3.63) is 62.8 Å². The van der Waals surface area contributed by atoms with Gasteiger partial charge < -0.3 is 5.32 Å². The van der Waals surface area contributed by atoms with E-state index in [-0.39, 0.29) is 30.7 Å². The SMILES string of the molecule is Cc1nc(-c2ccc(CNC(=O)CCN3C(=O)c4ccccc4C3=O)s2)cs1. The fourth-order valence-corrected chi connectivity index (χ4v) is 4.61. The molecule has 3 amide bonds. The van der Waals surface area contributed by atoms with E-state index in [4.69, 9.17) is 0 Å². The molecule has 3 aromatic rings. The Balaban J connectivity index is 1.30. The molecular weight excluding hydrogens is 394 g/mol. The van der Waals surface area contributed by atoms with E-state index in [2.05, 4.69) is 10.3 Å². The Morgan fingerprint density at radius 1 is 1.11 bits per heavy atom. The number of thiophene rings is 1. The molecule has 142 valence electrons. The van der Waals surface area contributed by atoms with Crippen molar-refractivity contribution in [3.63, 3.8) is 0 Å². The van der Waals surface area contributed by atoms with Crippen molar-refractivity contribution in [2.24, 2.45) is 0 Å². The van der Waals surface area contributed by atoms with Crippen LogP contribution >= 0.6 is 22.7 Å². The zero-order chi connectivity index (χ0) is 19.7. The van der Waals surface area contributed by atoms with Gasteiger partial charge in [-0.2, -0.15) is 0 Å². The van der Waals surface area contributed by atoms with Crippen LogP contribution < -0.4 is 5.32 Å². The molecule has 1 aliphatic heterocycles. The van der Waals surface area contributed by atoms with Gasteiger partial charge in [0, 0.05) is 23.2 Å². The van der Waals surface area contributed by atoms with Gasteiger partial charge in [-0.15, -0.1) is 22.7 Å².